The molecule has 4 aromatic rings. The van der Waals surface area contributed by atoms with Crippen molar-refractivity contribution in [3.05, 3.63) is 53.3 Å². The molecular formula is C36H38F3N5O2. The Bertz CT molecular complexity index is 1880. The van der Waals surface area contributed by atoms with Gasteiger partial charge in [0.25, 0.3) is 0 Å². The highest BCUT2D eigenvalue weighted by molar-refractivity contribution is 6.03. The summed E-state index contributed by atoms with van der Waals surface area (Å²) in [6.07, 6.45) is 5.91. The third-order valence-corrected chi connectivity index (χ3v) is 11.2. The number of likely N-dealkylation sites (tertiary alicyclic amines) is 1. The molecule has 3 saturated heterocycles. The maximum Gasteiger partial charge on any atom is 0.319 e. The van der Waals surface area contributed by atoms with E-state index in [2.05, 4.69) is 20.1 Å². The molecule has 5 aliphatic rings. The number of benzene rings is 3. The Hall–Kier alpha value is -3.63. The molecule has 7 nitrogen and oxygen atoms in total. The molecule has 2 aliphatic carbocycles. The lowest BCUT2D eigenvalue weighted by Crippen LogP contribution is -2.51. The SMILES string of the molecule is CCc1c(F)ccc2cc(O)cc(-c3c(F)cc4c(N5CC6CCC(C5)N6)nc(OCC5(CN6CC7CC7C6)CC5)nc4c3F)c12. The highest BCUT2D eigenvalue weighted by atomic mass is 19.1. The van der Waals surface area contributed by atoms with E-state index in [0.717, 1.165) is 44.1 Å². The fourth-order valence-corrected chi connectivity index (χ4v) is 8.57. The molecule has 240 valence electrons. The van der Waals surface area contributed by atoms with Crippen LogP contribution < -0.4 is 15.0 Å². The second-order valence-corrected chi connectivity index (χ2v) is 14.5. The summed E-state index contributed by atoms with van der Waals surface area (Å²) in [5.41, 5.74) is 0.0808. The summed E-state index contributed by atoms with van der Waals surface area (Å²) in [5, 5.41) is 15.3. The first-order chi connectivity index (χ1) is 22.3. The van der Waals surface area contributed by atoms with E-state index in [1.54, 1.807) is 6.92 Å². The van der Waals surface area contributed by atoms with Crippen LogP contribution in [0, 0.1) is 34.7 Å². The minimum absolute atomic E-state index is 0.0438. The number of hydrogen-bond acceptors (Lipinski definition) is 7. The zero-order chi connectivity index (χ0) is 31.3. The predicted molar refractivity (Wildman–Crippen MR) is 171 cm³/mol. The second-order valence-electron chi connectivity index (χ2n) is 14.5. The van der Waals surface area contributed by atoms with Crippen molar-refractivity contribution in [2.24, 2.45) is 17.3 Å². The molecule has 3 aromatic carbocycles. The highest BCUT2D eigenvalue weighted by Crippen LogP contribution is 2.51. The van der Waals surface area contributed by atoms with Gasteiger partial charge in [-0.25, -0.2) is 13.2 Å². The number of ether oxygens (including phenoxy) is 1. The molecular weight excluding hydrogens is 591 g/mol. The number of fused-ring (bicyclic) bond motifs is 5. The van der Waals surface area contributed by atoms with Gasteiger partial charge in [-0.05, 0) is 96.5 Å². The van der Waals surface area contributed by atoms with Crippen molar-refractivity contribution in [1.29, 1.82) is 0 Å². The van der Waals surface area contributed by atoms with Gasteiger partial charge in [-0.1, -0.05) is 13.0 Å². The minimum atomic E-state index is -0.878. The third-order valence-electron chi connectivity index (χ3n) is 11.2. The van der Waals surface area contributed by atoms with E-state index in [-0.39, 0.29) is 51.3 Å². The maximum atomic E-state index is 16.9. The van der Waals surface area contributed by atoms with E-state index >= 15 is 8.78 Å². The minimum Gasteiger partial charge on any atom is -0.508 e. The second kappa shape index (κ2) is 10.4. The van der Waals surface area contributed by atoms with Gasteiger partial charge >= 0.3 is 6.01 Å². The first kappa shape index (κ1) is 28.6. The number of nitrogens with zero attached hydrogens (tertiary/aromatic N) is 4. The van der Waals surface area contributed by atoms with Gasteiger partial charge in [0.2, 0.25) is 0 Å². The number of aromatic nitrogens is 2. The lowest BCUT2D eigenvalue weighted by molar-refractivity contribution is 0.163. The van der Waals surface area contributed by atoms with Crippen LogP contribution in [0.4, 0.5) is 19.0 Å². The molecule has 46 heavy (non-hydrogen) atoms. The number of nitrogens with one attached hydrogen (secondary N) is 1. The van der Waals surface area contributed by atoms with Gasteiger partial charge in [0, 0.05) is 55.6 Å². The Balaban J connectivity index is 1.15. The van der Waals surface area contributed by atoms with Crippen molar-refractivity contribution in [3.63, 3.8) is 0 Å². The zero-order valence-electron chi connectivity index (χ0n) is 26.0. The van der Waals surface area contributed by atoms with E-state index in [1.807, 2.05) is 0 Å². The van der Waals surface area contributed by atoms with Gasteiger partial charge in [-0.3, -0.25) is 0 Å². The molecule has 4 atom stereocenters. The van der Waals surface area contributed by atoms with Gasteiger partial charge in [-0.2, -0.15) is 9.97 Å². The number of aryl methyl sites for hydroxylation is 1. The summed E-state index contributed by atoms with van der Waals surface area (Å²) in [6, 6.07) is 7.57. The summed E-state index contributed by atoms with van der Waals surface area (Å²) in [4.78, 5) is 14.1. The van der Waals surface area contributed by atoms with Crippen LogP contribution in [0.2, 0.25) is 0 Å². The van der Waals surface area contributed by atoms with Crippen LogP contribution in [0.1, 0.15) is 44.6 Å². The standard InChI is InChI=1S/C36H38F3N5O2/c1-2-25-28(37)6-3-19-10-24(45)11-26(30(19)25)31-29(38)12-27-33(32(31)39)41-35(42-34(27)44-15-22-4-5-23(16-44)40-22)46-18-36(7-8-36)17-43-13-20-9-21(20)14-43/h3,6,10-12,20-23,40,45H,2,4-5,7-9,13-18H2,1H3. The van der Waals surface area contributed by atoms with Crippen molar-refractivity contribution < 1.29 is 23.0 Å². The predicted octanol–water partition coefficient (Wildman–Crippen LogP) is 6.19. The van der Waals surface area contributed by atoms with Gasteiger partial charge in [-0.15, -0.1) is 0 Å². The molecule has 2 N–H and O–H groups in total. The molecule has 0 radical (unpaired) electrons. The number of rotatable bonds is 8. The van der Waals surface area contributed by atoms with Crippen molar-refractivity contribution in [1.82, 2.24) is 20.2 Å². The Morgan fingerprint density at radius 1 is 0.978 bits per heavy atom. The first-order valence-corrected chi connectivity index (χ1v) is 16.8. The van der Waals surface area contributed by atoms with E-state index in [9.17, 15) is 9.50 Å². The first-order valence-electron chi connectivity index (χ1n) is 16.8. The van der Waals surface area contributed by atoms with Crippen molar-refractivity contribution >= 4 is 27.5 Å². The average Bonchev–Trinajstić information content (AvgIpc) is 3.91. The quantitative estimate of drug-likeness (QED) is 0.241. The van der Waals surface area contributed by atoms with E-state index in [1.165, 1.54) is 49.8 Å². The van der Waals surface area contributed by atoms with Crippen LogP contribution in [0.5, 0.6) is 11.8 Å². The third kappa shape index (κ3) is 4.78. The molecule has 4 heterocycles. The van der Waals surface area contributed by atoms with E-state index in [0.29, 0.717) is 48.3 Å². The number of hydrogen-bond donors (Lipinski definition) is 2. The van der Waals surface area contributed by atoms with Crippen LogP contribution in [-0.2, 0) is 6.42 Å². The Labute approximate surface area is 265 Å². The number of piperazine rings is 1. The number of phenolic OH excluding ortho intramolecular Hbond substituents is 1. The van der Waals surface area contributed by atoms with Gasteiger partial charge in [0.05, 0.1) is 12.2 Å². The molecule has 0 amide bonds. The molecule has 1 aromatic heterocycles. The van der Waals surface area contributed by atoms with Crippen LogP contribution in [0.25, 0.3) is 32.8 Å². The van der Waals surface area contributed by atoms with Crippen molar-refractivity contribution in [2.75, 3.05) is 44.2 Å². The molecule has 2 saturated carbocycles. The van der Waals surface area contributed by atoms with Crippen molar-refractivity contribution in [3.8, 4) is 22.9 Å². The van der Waals surface area contributed by atoms with Crippen LogP contribution in [-0.4, -0.2) is 71.4 Å². The highest BCUT2D eigenvalue weighted by Gasteiger charge is 2.51. The number of anilines is 1. The number of halogens is 3. The lowest BCUT2D eigenvalue weighted by Gasteiger charge is -2.34. The normalized spacial score (nSPS) is 26.2. The molecule has 5 fully saturated rings. The number of piperidine rings is 1. The topological polar surface area (TPSA) is 73.8 Å². The Morgan fingerprint density at radius 3 is 2.46 bits per heavy atom. The fourth-order valence-electron chi connectivity index (χ4n) is 8.57. The molecule has 3 aliphatic heterocycles. The molecule has 10 heteroatoms. The summed E-state index contributed by atoms with van der Waals surface area (Å²) in [5.74, 6) is -0.126. The molecule has 4 unspecified atom stereocenters. The van der Waals surface area contributed by atoms with Gasteiger partial charge in [0.15, 0.2) is 5.82 Å². The van der Waals surface area contributed by atoms with Crippen LogP contribution >= 0.6 is 0 Å². The van der Waals surface area contributed by atoms with Gasteiger partial charge < -0.3 is 25.0 Å². The molecule has 0 spiro atoms. The summed E-state index contributed by atoms with van der Waals surface area (Å²) in [7, 11) is 0. The van der Waals surface area contributed by atoms with Gasteiger partial charge in [0.1, 0.15) is 28.7 Å². The average molecular weight is 630 g/mol. The smallest absolute Gasteiger partial charge is 0.319 e. The summed E-state index contributed by atoms with van der Waals surface area (Å²) >= 11 is 0. The monoisotopic (exact) mass is 629 g/mol. The Kier molecular flexibility index (Phi) is 6.49. The lowest BCUT2D eigenvalue weighted by atomic mass is 9.91. The largest absolute Gasteiger partial charge is 0.508 e. The fraction of sp³-hybridized carbons (Fsp3) is 0.500. The summed E-state index contributed by atoms with van der Waals surface area (Å²) < 4.78 is 54.5. The molecule has 2 bridgehead atoms. The number of aromatic hydroxyl groups is 1. The summed E-state index contributed by atoms with van der Waals surface area (Å²) in [6.45, 7) is 6.91. The van der Waals surface area contributed by atoms with Crippen LogP contribution in [0.15, 0.2) is 30.3 Å². The van der Waals surface area contributed by atoms with E-state index in [4.69, 9.17) is 9.72 Å². The maximum absolute atomic E-state index is 16.9. The van der Waals surface area contributed by atoms with E-state index < -0.39 is 17.5 Å². The molecule has 9 rings (SSSR count). The zero-order valence-corrected chi connectivity index (χ0v) is 26.0. The van der Waals surface area contributed by atoms with Crippen LogP contribution in [0.3, 0.4) is 0 Å². The number of phenols is 1. The van der Waals surface area contributed by atoms with Crippen molar-refractivity contribution in [2.45, 2.75) is 57.5 Å². The Morgan fingerprint density at radius 2 is 1.74 bits per heavy atom.